The molecule has 0 saturated carbocycles. The minimum atomic E-state index is -1.74. The Morgan fingerprint density at radius 2 is 1.71 bits per heavy atom. The van der Waals surface area contributed by atoms with Crippen LogP contribution in [0.3, 0.4) is 0 Å². The van der Waals surface area contributed by atoms with E-state index >= 15 is 0 Å². The summed E-state index contributed by atoms with van der Waals surface area (Å²) in [6, 6.07) is 3.14. The third-order valence-corrected chi connectivity index (χ3v) is 3.77. The van der Waals surface area contributed by atoms with Gasteiger partial charge in [-0.1, -0.05) is 29.3 Å². The number of aryl methyl sites for hydroxylation is 1. The van der Waals surface area contributed by atoms with Crippen LogP contribution in [0.1, 0.15) is 5.56 Å². The lowest BCUT2D eigenvalue weighted by Crippen LogP contribution is -2.21. The SMILES string of the molecule is Cc1ccc(Cl)c(NC(=O)COc2c(F)c(F)cc(F)c2F)c1Cl. The summed E-state index contributed by atoms with van der Waals surface area (Å²) in [7, 11) is 0. The zero-order valence-corrected chi connectivity index (χ0v) is 13.5. The Hall–Kier alpha value is -1.99. The number of nitrogens with one attached hydrogen (secondary N) is 1. The molecule has 0 heterocycles. The van der Waals surface area contributed by atoms with Crippen molar-refractivity contribution in [3.05, 3.63) is 57.1 Å². The molecular formula is C15H9Cl2F4NO2. The lowest BCUT2D eigenvalue weighted by molar-refractivity contribution is -0.118. The Bertz CT molecular complexity index is 789. The van der Waals surface area contributed by atoms with Crippen LogP contribution in [0, 0.1) is 30.2 Å². The smallest absolute Gasteiger partial charge is 0.262 e. The predicted molar refractivity (Wildman–Crippen MR) is 81.6 cm³/mol. The van der Waals surface area contributed by atoms with Crippen molar-refractivity contribution in [2.45, 2.75) is 6.92 Å². The van der Waals surface area contributed by atoms with Crippen molar-refractivity contribution >= 4 is 34.8 Å². The van der Waals surface area contributed by atoms with E-state index in [4.69, 9.17) is 23.2 Å². The molecule has 9 heteroatoms. The number of ether oxygens (including phenoxy) is 1. The van der Waals surface area contributed by atoms with Crippen molar-refractivity contribution < 1.29 is 27.1 Å². The average Bonchev–Trinajstić information content (AvgIpc) is 2.53. The van der Waals surface area contributed by atoms with E-state index in [2.05, 4.69) is 10.1 Å². The number of amides is 1. The molecule has 2 aromatic rings. The third-order valence-electron chi connectivity index (χ3n) is 2.97. The first kappa shape index (κ1) is 18.4. The van der Waals surface area contributed by atoms with Crippen LogP contribution in [-0.4, -0.2) is 12.5 Å². The summed E-state index contributed by atoms with van der Waals surface area (Å²) < 4.78 is 57.5. The molecular weight excluding hydrogens is 373 g/mol. The van der Waals surface area contributed by atoms with Gasteiger partial charge in [0, 0.05) is 6.07 Å². The Labute approximate surface area is 144 Å². The Morgan fingerprint density at radius 3 is 2.29 bits per heavy atom. The van der Waals surface area contributed by atoms with Gasteiger partial charge in [-0.3, -0.25) is 4.79 Å². The summed E-state index contributed by atoms with van der Waals surface area (Å²) in [5.41, 5.74) is 0.708. The highest BCUT2D eigenvalue weighted by Gasteiger charge is 2.21. The zero-order valence-electron chi connectivity index (χ0n) is 12.0. The Morgan fingerprint density at radius 1 is 1.12 bits per heavy atom. The van der Waals surface area contributed by atoms with Gasteiger partial charge in [0.2, 0.25) is 11.6 Å². The van der Waals surface area contributed by atoms with E-state index in [9.17, 15) is 22.4 Å². The number of carbonyl (C=O) groups is 1. The highest BCUT2D eigenvalue weighted by atomic mass is 35.5. The van der Waals surface area contributed by atoms with Crippen molar-refractivity contribution in [3.8, 4) is 5.75 Å². The Kier molecular flexibility index (Phi) is 5.56. The van der Waals surface area contributed by atoms with Crippen LogP contribution >= 0.6 is 23.2 Å². The fraction of sp³-hybridized carbons (Fsp3) is 0.133. The van der Waals surface area contributed by atoms with E-state index in [-0.39, 0.29) is 21.8 Å². The number of rotatable bonds is 4. The van der Waals surface area contributed by atoms with Crippen LogP contribution in [0.4, 0.5) is 23.2 Å². The van der Waals surface area contributed by atoms with Crippen LogP contribution in [0.2, 0.25) is 10.0 Å². The first-order valence-corrected chi connectivity index (χ1v) is 7.18. The minimum Gasteiger partial charge on any atom is -0.477 e. The van der Waals surface area contributed by atoms with E-state index < -0.39 is 41.5 Å². The van der Waals surface area contributed by atoms with E-state index in [1.165, 1.54) is 6.07 Å². The average molecular weight is 382 g/mol. The minimum absolute atomic E-state index is 0.0316. The molecule has 1 N–H and O–H groups in total. The van der Waals surface area contributed by atoms with Crippen LogP contribution in [-0.2, 0) is 4.79 Å². The maximum atomic E-state index is 13.4. The molecule has 2 rings (SSSR count). The summed E-state index contributed by atoms with van der Waals surface area (Å²) in [5, 5.41) is 2.60. The number of hydrogen-bond acceptors (Lipinski definition) is 2. The van der Waals surface area contributed by atoms with Gasteiger partial charge in [-0.15, -0.1) is 0 Å². The molecule has 0 unspecified atom stereocenters. The molecule has 0 aliphatic heterocycles. The van der Waals surface area contributed by atoms with Gasteiger partial charge < -0.3 is 10.1 Å². The molecule has 0 fully saturated rings. The van der Waals surface area contributed by atoms with Gasteiger partial charge >= 0.3 is 0 Å². The standard InChI is InChI=1S/C15H9Cl2F4NO2/c1-6-2-3-7(16)14(11(6)17)22-10(23)5-24-15-12(20)8(18)4-9(19)13(15)21/h2-4H,5H2,1H3,(H,22,23). The van der Waals surface area contributed by atoms with Gasteiger partial charge in [-0.05, 0) is 18.6 Å². The highest BCUT2D eigenvalue weighted by molar-refractivity contribution is 6.40. The van der Waals surface area contributed by atoms with Crippen molar-refractivity contribution in [3.63, 3.8) is 0 Å². The Balaban J connectivity index is 2.15. The number of halogens is 6. The topological polar surface area (TPSA) is 38.3 Å². The van der Waals surface area contributed by atoms with Crippen molar-refractivity contribution in [1.82, 2.24) is 0 Å². The fourth-order valence-corrected chi connectivity index (χ4v) is 2.23. The maximum absolute atomic E-state index is 13.4. The van der Waals surface area contributed by atoms with E-state index in [0.717, 1.165) is 0 Å². The largest absolute Gasteiger partial charge is 0.477 e. The quantitative estimate of drug-likeness (QED) is 0.605. The summed E-state index contributed by atoms with van der Waals surface area (Å²) in [4.78, 5) is 11.8. The molecule has 0 aromatic heterocycles. The summed E-state index contributed by atoms with van der Waals surface area (Å²) in [6.45, 7) is 0.752. The molecule has 128 valence electrons. The first-order chi connectivity index (χ1) is 11.2. The molecule has 0 bridgehead atoms. The predicted octanol–water partition coefficient (Wildman–Crippen LogP) is 4.88. The molecule has 2 aromatic carbocycles. The first-order valence-electron chi connectivity index (χ1n) is 6.42. The molecule has 0 radical (unpaired) electrons. The second-order valence-corrected chi connectivity index (χ2v) is 5.47. The van der Waals surface area contributed by atoms with Crippen LogP contribution in [0.5, 0.6) is 5.75 Å². The summed E-state index contributed by atoms with van der Waals surface area (Å²) in [5.74, 6) is -8.98. The van der Waals surface area contributed by atoms with Crippen molar-refractivity contribution in [2.75, 3.05) is 11.9 Å². The molecule has 3 nitrogen and oxygen atoms in total. The van der Waals surface area contributed by atoms with Crippen molar-refractivity contribution in [1.29, 1.82) is 0 Å². The van der Waals surface area contributed by atoms with Gasteiger partial charge in [-0.25, -0.2) is 8.78 Å². The van der Waals surface area contributed by atoms with E-state index in [0.29, 0.717) is 5.56 Å². The summed E-state index contributed by atoms with van der Waals surface area (Å²) >= 11 is 11.9. The van der Waals surface area contributed by atoms with Crippen LogP contribution in [0.15, 0.2) is 18.2 Å². The molecule has 1 amide bonds. The highest BCUT2D eigenvalue weighted by Crippen LogP contribution is 2.33. The van der Waals surface area contributed by atoms with Gasteiger partial charge in [-0.2, -0.15) is 8.78 Å². The summed E-state index contributed by atoms with van der Waals surface area (Å²) in [6.07, 6.45) is 0. The van der Waals surface area contributed by atoms with Crippen LogP contribution < -0.4 is 10.1 Å². The monoisotopic (exact) mass is 381 g/mol. The van der Waals surface area contributed by atoms with Gasteiger partial charge in [0.05, 0.1) is 15.7 Å². The van der Waals surface area contributed by atoms with Crippen LogP contribution in [0.25, 0.3) is 0 Å². The van der Waals surface area contributed by atoms with Gasteiger partial charge in [0.25, 0.3) is 5.91 Å². The molecule has 0 spiro atoms. The fourth-order valence-electron chi connectivity index (χ4n) is 1.76. The second kappa shape index (κ2) is 7.27. The second-order valence-electron chi connectivity index (χ2n) is 4.69. The van der Waals surface area contributed by atoms with Crippen molar-refractivity contribution in [2.24, 2.45) is 0 Å². The number of benzene rings is 2. The zero-order chi connectivity index (χ0) is 18.0. The number of carbonyl (C=O) groups excluding carboxylic acids is 1. The molecule has 0 aliphatic carbocycles. The molecule has 0 aliphatic rings. The van der Waals surface area contributed by atoms with Gasteiger partial charge in [0.1, 0.15) is 0 Å². The van der Waals surface area contributed by atoms with Gasteiger partial charge in [0.15, 0.2) is 24.0 Å². The normalized spacial score (nSPS) is 10.6. The molecule has 24 heavy (non-hydrogen) atoms. The lowest BCUT2D eigenvalue weighted by Gasteiger charge is -2.12. The van der Waals surface area contributed by atoms with E-state index in [1.807, 2.05) is 0 Å². The number of anilines is 1. The molecule has 0 atom stereocenters. The molecule has 0 saturated heterocycles. The third kappa shape index (κ3) is 3.73. The lowest BCUT2D eigenvalue weighted by atomic mass is 10.2. The maximum Gasteiger partial charge on any atom is 0.262 e. The number of hydrogen-bond donors (Lipinski definition) is 1. The van der Waals surface area contributed by atoms with E-state index in [1.54, 1.807) is 13.0 Å².